The number of ketones is 1. The normalized spacial score (nSPS) is 10.7. The molecule has 0 atom stereocenters. The lowest BCUT2D eigenvalue weighted by molar-refractivity contribution is 0.102. The van der Waals surface area contributed by atoms with E-state index in [4.69, 9.17) is 11.6 Å². The Kier molecular flexibility index (Phi) is 3.17. The fraction of sp³-hybridized carbons (Fsp3) is 0.571. The van der Waals surface area contributed by atoms with Crippen molar-refractivity contribution in [1.82, 2.24) is 9.59 Å². The van der Waals surface area contributed by atoms with Gasteiger partial charge in [-0.1, -0.05) is 18.3 Å². The topological polar surface area (TPSA) is 42.9 Å². The standard InChI is InChI=1S/C7H9ClN2OS/c1-4(2)6-7(5(11)3-8)12-10-9-6/h4H,3H2,1-2H3. The number of aromatic nitrogens is 2. The lowest BCUT2D eigenvalue weighted by atomic mass is 10.1. The molecule has 0 bridgehead atoms. The van der Waals surface area contributed by atoms with Crippen molar-refractivity contribution >= 4 is 28.9 Å². The van der Waals surface area contributed by atoms with E-state index in [1.165, 1.54) is 0 Å². The van der Waals surface area contributed by atoms with Crippen molar-refractivity contribution in [3.8, 4) is 0 Å². The number of alkyl halides is 1. The second kappa shape index (κ2) is 3.96. The van der Waals surface area contributed by atoms with E-state index in [1.807, 2.05) is 13.8 Å². The molecule has 1 rings (SSSR count). The molecule has 0 N–H and O–H groups in total. The number of carbonyl (C=O) groups excluding carboxylic acids is 1. The number of rotatable bonds is 3. The molecule has 1 aromatic heterocycles. The SMILES string of the molecule is CC(C)c1nnsc1C(=O)CCl. The molecule has 0 aliphatic heterocycles. The van der Waals surface area contributed by atoms with E-state index in [-0.39, 0.29) is 17.6 Å². The third kappa shape index (κ3) is 1.81. The maximum atomic E-state index is 11.2. The molecule has 5 heteroatoms. The Balaban J connectivity index is 2.99. The molecule has 12 heavy (non-hydrogen) atoms. The van der Waals surface area contributed by atoms with Gasteiger partial charge in [-0.15, -0.1) is 16.7 Å². The summed E-state index contributed by atoms with van der Waals surface area (Å²) < 4.78 is 3.72. The lowest BCUT2D eigenvalue weighted by Gasteiger charge is -2.00. The average molecular weight is 205 g/mol. The van der Waals surface area contributed by atoms with Crippen LogP contribution in [0.2, 0.25) is 0 Å². The van der Waals surface area contributed by atoms with E-state index in [9.17, 15) is 4.79 Å². The quantitative estimate of drug-likeness (QED) is 0.559. The highest BCUT2D eigenvalue weighted by Crippen LogP contribution is 2.20. The fourth-order valence-corrected chi connectivity index (χ4v) is 1.80. The minimum absolute atomic E-state index is 0.00356. The van der Waals surface area contributed by atoms with Gasteiger partial charge in [-0.05, 0) is 17.5 Å². The molecular formula is C7H9ClN2OS. The van der Waals surface area contributed by atoms with E-state index < -0.39 is 0 Å². The zero-order valence-corrected chi connectivity index (χ0v) is 8.45. The van der Waals surface area contributed by atoms with Crippen molar-refractivity contribution in [3.05, 3.63) is 10.6 Å². The van der Waals surface area contributed by atoms with Crippen LogP contribution in [-0.2, 0) is 0 Å². The van der Waals surface area contributed by atoms with E-state index >= 15 is 0 Å². The predicted molar refractivity (Wildman–Crippen MR) is 49.0 cm³/mol. The third-order valence-electron chi connectivity index (χ3n) is 1.43. The highest BCUT2D eigenvalue weighted by molar-refractivity contribution is 7.08. The van der Waals surface area contributed by atoms with Crippen molar-refractivity contribution in [2.45, 2.75) is 19.8 Å². The monoisotopic (exact) mass is 204 g/mol. The molecule has 66 valence electrons. The Morgan fingerprint density at radius 1 is 1.67 bits per heavy atom. The summed E-state index contributed by atoms with van der Waals surface area (Å²) in [7, 11) is 0. The molecule has 0 amide bonds. The summed E-state index contributed by atoms with van der Waals surface area (Å²) in [5, 5.41) is 3.87. The molecule has 0 aromatic carbocycles. The Hall–Kier alpha value is -0.480. The highest BCUT2D eigenvalue weighted by atomic mass is 35.5. The Morgan fingerprint density at radius 2 is 2.33 bits per heavy atom. The van der Waals surface area contributed by atoms with Gasteiger partial charge in [-0.25, -0.2) is 0 Å². The first-order valence-corrected chi connectivity index (χ1v) is 4.89. The molecule has 0 aliphatic rings. The maximum absolute atomic E-state index is 11.2. The lowest BCUT2D eigenvalue weighted by Crippen LogP contribution is -2.03. The third-order valence-corrected chi connectivity index (χ3v) is 2.46. The minimum atomic E-state index is -0.0876. The van der Waals surface area contributed by atoms with E-state index in [2.05, 4.69) is 9.59 Å². The molecule has 3 nitrogen and oxygen atoms in total. The van der Waals surface area contributed by atoms with Gasteiger partial charge in [0.25, 0.3) is 0 Å². The van der Waals surface area contributed by atoms with Crippen molar-refractivity contribution in [1.29, 1.82) is 0 Å². The van der Waals surface area contributed by atoms with Gasteiger partial charge in [0.05, 0.1) is 11.6 Å². The van der Waals surface area contributed by atoms with Crippen molar-refractivity contribution in [2.24, 2.45) is 0 Å². The van der Waals surface area contributed by atoms with Gasteiger partial charge in [0.1, 0.15) is 4.88 Å². The molecule has 0 saturated carbocycles. The summed E-state index contributed by atoms with van der Waals surface area (Å²) in [6.45, 7) is 3.95. The molecule has 0 aliphatic carbocycles. The van der Waals surface area contributed by atoms with E-state index in [0.29, 0.717) is 4.88 Å². The second-order valence-corrected chi connectivity index (χ2v) is 3.72. The molecule has 0 unspecified atom stereocenters. The smallest absolute Gasteiger partial charge is 0.191 e. The van der Waals surface area contributed by atoms with Crippen molar-refractivity contribution in [2.75, 3.05) is 5.88 Å². The minimum Gasteiger partial charge on any atom is -0.292 e. The van der Waals surface area contributed by atoms with Crippen molar-refractivity contribution in [3.63, 3.8) is 0 Å². The van der Waals surface area contributed by atoms with Crippen LogP contribution in [0.5, 0.6) is 0 Å². The van der Waals surface area contributed by atoms with E-state index in [0.717, 1.165) is 17.2 Å². The zero-order valence-electron chi connectivity index (χ0n) is 6.87. The number of hydrogen-bond acceptors (Lipinski definition) is 4. The van der Waals surface area contributed by atoms with Crippen LogP contribution in [0.1, 0.15) is 35.1 Å². The van der Waals surface area contributed by atoms with Gasteiger partial charge in [0.15, 0.2) is 5.78 Å². The van der Waals surface area contributed by atoms with Crippen LogP contribution in [0.25, 0.3) is 0 Å². The van der Waals surface area contributed by atoms with Crippen LogP contribution in [-0.4, -0.2) is 21.3 Å². The number of hydrogen-bond donors (Lipinski definition) is 0. The van der Waals surface area contributed by atoms with Gasteiger partial charge in [-0.3, -0.25) is 4.79 Å². The predicted octanol–water partition coefficient (Wildman–Crippen LogP) is 2.08. The Labute approximate surface area is 79.9 Å². The number of halogens is 1. The van der Waals surface area contributed by atoms with Crippen LogP contribution < -0.4 is 0 Å². The average Bonchev–Trinajstić information content (AvgIpc) is 2.50. The molecular weight excluding hydrogens is 196 g/mol. The summed E-state index contributed by atoms with van der Waals surface area (Å²) in [6.07, 6.45) is 0. The van der Waals surface area contributed by atoms with Crippen LogP contribution in [0.15, 0.2) is 0 Å². The summed E-state index contributed by atoms with van der Waals surface area (Å²) in [4.78, 5) is 11.8. The number of Topliss-reactive ketones (excluding diaryl/α,β-unsaturated/α-hetero) is 1. The van der Waals surface area contributed by atoms with Crippen molar-refractivity contribution < 1.29 is 4.79 Å². The summed E-state index contributed by atoms with van der Waals surface area (Å²) in [5.74, 6) is 0.144. The molecule has 1 heterocycles. The first-order chi connectivity index (χ1) is 5.66. The molecule has 1 aromatic rings. The summed E-state index contributed by atoms with van der Waals surface area (Å²) in [6, 6.07) is 0. The molecule has 0 radical (unpaired) electrons. The molecule has 0 fully saturated rings. The van der Waals surface area contributed by atoms with Crippen LogP contribution >= 0.6 is 23.1 Å². The van der Waals surface area contributed by atoms with Crippen LogP contribution in [0.3, 0.4) is 0 Å². The molecule has 0 saturated heterocycles. The fourth-order valence-electron chi connectivity index (χ4n) is 0.829. The highest BCUT2D eigenvalue weighted by Gasteiger charge is 2.17. The molecule has 0 spiro atoms. The van der Waals surface area contributed by atoms with E-state index in [1.54, 1.807) is 0 Å². The summed E-state index contributed by atoms with van der Waals surface area (Å²) in [5.41, 5.74) is 0.755. The van der Waals surface area contributed by atoms with Gasteiger partial charge in [-0.2, -0.15) is 0 Å². The Bertz CT molecular complexity index is 285. The first-order valence-electron chi connectivity index (χ1n) is 3.58. The largest absolute Gasteiger partial charge is 0.292 e. The second-order valence-electron chi connectivity index (χ2n) is 2.70. The van der Waals surface area contributed by atoms with Gasteiger partial charge in [0, 0.05) is 0 Å². The number of nitrogens with zero attached hydrogens (tertiary/aromatic N) is 2. The zero-order chi connectivity index (χ0) is 9.14. The Morgan fingerprint density at radius 3 is 2.83 bits per heavy atom. The maximum Gasteiger partial charge on any atom is 0.191 e. The summed E-state index contributed by atoms with van der Waals surface area (Å²) >= 11 is 6.54. The van der Waals surface area contributed by atoms with Gasteiger partial charge >= 0.3 is 0 Å². The van der Waals surface area contributed by atoms with Gasteiger partial charge < -0.3 is 0 Å². The van der Waals surface area contributed by atoms with Crippen LogP contribution in [0.4, 0.5) is 0 Å². The van der Waals surface area contributed by atoms with Gasteiger partial charge in [0.2, 0.25) is 0 Å². The van der Waals surface area contributed by atoms with Crippen LogP contribution in [0, 0.1) is 0 Å². The number of carbonyl (C=O) groups is 1. The first kappa shape index (κ1) is 9.61.